The van der Waals surface area contributed by atoms with Crippen molar-refractivity contribution in [1.29, 1.82) is 0 Å². The monoisotopic (exact) mass is 335 g/mol. The summed E-state index contributed by atoms with van der Waals surface area (Å²) < 4.78 is 1.02. The lowest BCUT2D eigenvalue weighted by molar-refractivity contribution is 0.0695. The third-order valence-electron chi connectivity index (χ3n) is 2.90. The molecule has 20 heavy (non-hydrogen) atoms. The summed E-state index contributed by atoms with van der Waals surface area (Å²) in [5.41, 5.74) is 1.70. The molecule has 0 aliphatic heterocycles. The Balaban J connectivity index is 2.22. The molecule has 0 spiro atoms. The van der Waals surface area contributed by atoms with Crippen molar-refractivity contribution in [1.82, 2.24) is 9.97 Å². The van der Waals surface area contributed by atoms with E-state index in [9.17, 15) is 4.79 Å². The number of carboxylic acids is 1. The minimum Gasteiger partial charge on any atom is -0.478 e. The minimum atomic E-state index is -1.01. The highest BCUT2D eigenvalue weighted by molar-refractivity contribution is 9.10. The van der Waals surface area contributed by atoms with Crippen LogP contribution in [0.4, 0.5) is 5.95 Å². The number of nitrogens with zero attached hydrogens (tertiary/aromatic N) is 3. The number of aromatic nitrogens is 2. The third kappa shape index (κ3) is 3.14. The fourth-order valence-electron chi connectivity index (χ4n) is 1.80. The first-order valence-electron chi connectivity index (χ1n) is 6.00. The Morgan fingerprint density at radius 1 is 1.40 bits per heavy atom. The number of benzene rings is 1. The molecule has 0 fully saturated rings. The zero-order valence-electron chi connectivity index (χ0n) is 11.2. The van der Waals surface area contributed by atoms with Gasteiger partial charge in [-0.25, -0.2) is 14.8 Å². The van der Waals surface area contributed by atoms with Crippen molar-refractivity contribution in [2.24, 2.45) is 0 Å². The van der Waals surface area contributed by atoms with Crippen LogP contribution < -0.4 is 4.90 Å². The highest BCUT2D eigenvalue weighted by atomic mass is 79.9. The number of carboxylic acid groups (broad SMARTS) is 1. The van der Waals surface area contributed by atoms with Crippen molar-refractivity contribution >= 4 is 27.8 Å². The Morgan fingerprint density at radius 3 is 2.70 bits per heavy atom. The van der Waals surface area contributed by atoms with Crippen molar-refractivity contribution in [3.8, 4) is 0 Å². The summed E-state index contributed by atoms with van der Waals surface area (Å²) in [6.07, 6.45) is 1.34. The van der Waals surface area contributed by atoms with E-state index in [4.69, 9.17) is 5.11 Å². The second-order valence-corrected chi connectivity index (χ2v) is 5.28. The van der Waals surface area contributed by atoms with Crippen LogP contribution in [0.5, 0.6) is 0 Å². The van der Waals surface area contributed by atoms with Gasteiger partial charge >= 0.3 is 5.97 Å². The maximum Gasteiger partial charge on any atom is 0.339 e. The molecule has 1 aromatic heterocycles. The van der Waals surface area contributed by atoms with E-state index in [0.717, 1.165) is 10.0 Å². The molecule has 1 N–H and O–H groups in total. The van der Waals surface area contributed by atoms with Crippen LogP contribution in [0, 0.1) is 6.92 Å². The molecule has 0 saturated heterocycles. The lowest BCUT2D eigenvalue weighted by Gasteiger charge is -2.18. The van der Waals surface area contributed by atoms with E-state index in [0.29, 0.717) is 18.2 Å². The summed E-state index contributed by atoms with van der Waals surface area (Å²) in [6, 6.07) is 7.91. The number of carbonyl (C=O) groups is 1. The molecule has 0 bridgehead atoms. The molecule has 0 amide bonds. The van der Waals surface area contributed by atoms with Crippen LogP contribution in [0.25, 0.3) is 0 Å². The third-order valence-corrected chi connectivity index (χ3v) is 3.68. The SMILES string of the molecule is Cc1nc(N(C)Cc2ccccc2Br)ncc1C(=O)O. The first-order chi connectivity index (χ1) is 9.49. The van der Waals surface area contributed by atoms with Crippen LogP contribution in [-0.4, -0.2) is 28.1 Å². The summed E-state index contributed by atoms with van der Waals surface area (Å²) in [7, 11) is 1.87. The van der Waals surface area contributed by atoms with Crippen LogP contribution in [-0.2, 0) is 6.54 Å². The van der Waals surface area contributed by atoms with Gasteiger partial charge in [-0.3, -0.25) is 0 Å². The van der Waals surface area contributed by atoms with Gasteiger partial charge in [-0.2, -0.15) is 0 Å². The van der Waals surface area contributed by atoms with Crippen molar-refractivity contribution in [2.45, 2.75) is 13.5 Å². The summed E-state index contributed by atoms with van der Waals surface area (Å²) in [5.74, 6) is -0.509. The second kappa shape index (κ2) is 6.00. The maximum atomic E-state index is 10.9. The fourth-order valence-corrected chi connectivity index (χ4v) is 2.21. The van der Waals surface area contributed by atoms with Gasteiger partial charge < -0.3 is 10.0 Å². The second-order valence-electron chi connectivity index (χ2n) is 4.42. The number of hydrogen-bond acceptors (Lipinski definition) is 4. The largest absolute Gasteiger partial charge is 0.478 e. The first-order valence-corrected chi connectivity index (χ1v) is 6.80. The minimum absolute atomic E-state index is 0.128. The lowest BCUT2D eigenvalue weighted by atomic mass is 10.2. The zero-order valence-corrected chi connectivity index (χ0v) is 12.8. The smallest absolute Gasteiger partial charge is 0.339 e. The van der Waals surface area contributed by atoms with E-state index < -0.39 is 5.97 Å². The van der Waals surface area contributed by atoms with Crippen molar-refractivity contribution < 1.29 is 9.90 Å². The standard InChI is InChI=1S/C14H14BrN3O2/c1-9-11(13(19)20)7-16-14(17-9)18(2)8-10-5-3-4-6-12(10)15/h3-7H,8H2,1-2H3,(H,19,20). The normalized spacial score (nSPS) is 10.3. The molecule has 2 rings (SSSR count). The van der Waals surface area contributed by atoms with Crippen LogP contribution in [0.3, 0.4) is 0 Å². The Kier molecular flexibility index (Phi) is 4.34. The topological polar surface area (TPSA) is 66.3 Å². The van der Waals surface area contributed by atoms with Gasteiger partial charge in [0.15, 0.2) is 0 Å². The Bertz CT molecular complexity index is 646. The Morgan fingerprint density at radius 2 is 2.10 bits per heavy atom. The van der Waals surface area contributed by atoms with Gasteiger partial charge in [-0.15, -0.1) is 0 Å². The molecule has 0 saturated carbocycles. The summed E-state index contributed by atoms with van der Waals surface area (Å²) >= 11 is 3.50. The Labute approximate surface area is 125 Å². The number of aromatic carboxylic acids is 1. The molecule has 6 heteroatoms. The average molecular weight is 336 g/mol. The first kappa shape index (κ1) is 14.5. The summed E-state index contributed by atoms with van der Waals surface area (Å²) in [4.78, 5) is 21.2. The molecule has 2 aromatic rings. The zero-order chi connectivity index (χ0) is 14.7. The molecule has 1 aromatic carbocycles. The molecule has 5 nitrogen and oxygen atoms in total. The molecule has 0 radical (unpaired) electrons. The van der Waals surface area contributed by atoms with Gasteiger partial charge in [0.25, 0.3) is 0 Å². The Hall–Kier alpha value is -1.95. The number of anilines is 1. The maximum absolute atomic E-state index is 10.9. The molecule has 0 unspecified atom stereocenters. The lowest BCUT2D eigenvalue weighted by Crippen LogP contribution is -2.20. The van der Waals surface area contributed by atoms with Crippen molar-refractivity contribution in [3.05, 3.63) is 51.8 Å². The van der Waals surface area contributed by atoms with Gasteiger partial charge in [-0.05, 0) is 18.6 Å². The highest BCUT2D eigenvalue weighted by Gasteiger charge is 2.13. The van der Waals surface area contributed by atoms with Gasteiger partial charge in [0, 0.05) is 24.3 Å². The molecular weight excluding hydrogens is 322 g/mol. The van der Waals surface area contributed by atoms with Crippen molar-refractivity contribution in [3.63, 3.8) is 0 Å². The molecular formula is C14H14BrN3O2. The number of aryl methyl sites for hydroxylation is 1. The summed E-state index contributed by atoms with van der Waals surface area (Å²) in [5, 5.41) is 8.97. The van der Waals surface area contributed by atoms with E-state index in [-0.39, 0.29) is 5.56 Å². The number of hydrogen-bond donors (Lipinski definition) is 1. The van der Waals surface area contributed by atoms with Crippen molar-refractivity contribution in [2.75, 3.05) is 11.9 Å². The van der Waals surface area contributed by atoms with Crippen LogP contribution >= 0.6 is 15.9 Å². The molecule has 1 heterocycles. The van der Waals surface area contributed by atoms with E-state index in [1.165, 1.54) is 6.20 Å². The predicted molar refractivity (Wildman–Crippen MR) is 80.0 cm³/mol. The van der Waals surface area contributed by atoms with Gasteiger partial charge in [0.05, 0.1) is 11.3 Å². The fraction of sp³-hybridized carbons (Fsp3) is 0.214. The van der Waals surface area contributed by atoms with Gasteiger partial charge in [-0.1, -0.05) is 34.1 Å². The number of rotatable bonds is 4. The molecule has 0 aliphatic rings. The summed E-state index contributed by atoms with van der Waals surface area (Å²) in [6.45, 7) is 2.30. The number of halogens is 1. The van der Waals surface area contributed by atoms with E-state index in [2.05, 4.69) is 25.9 Å². The quantitative estimate of drug-likeness (QED) is 0.930. The molecule has 104 valence electrons. The highest BCUT2D eigenvalue weighted by Crippen LogP contribution is 2.19. The van der Waals surface area contributed by atoms with E-state index >= 15 is 0 Å². The van der Waals surface area contributed by atoms with Gasteiger partial charge in [0.2, 0.25) is 5.95 Å². The van der Waals surface area contributed by atoms with E-state index in [1.54, 1.807) is 6.92 Å². The predicted octanol–water partition coefficient (Wildman–Crippen LogP) is 2.88. The van der Waals surface area contributed by atoms with Crippen LogP contribution in [0.1, 0.15) is 21.6 Å². The van der Waals surface area contributed by atoms with Crippen LogP contribution in [0.15, 0.2) is 34.9 Å². The molecule has 0 atom stereocenters. The molecule has 0 aliphatic carbocycles. The van der Waals surface area contributed by atoms with E-state index in [1.807, 2.05) is 36.2 Å². The van der Waals surface area contributed by atoms with Gasteiger partial charge in [0.1, 0.15) is 0 Å². The average Bonchev–Trinajstić information content (AvgIpc) is 2.40. The van der Waals surface area contributed by atoms with Crippen LogP contribution in [0.2, 0.25) is 0 Å².